The van der Waals surface area contributed by atoms with Gasteiger partial charge in [0.2, 0.25) is 0 Å². The Bertz CT molecular complexity index is 435. The first-order valence-corrected chi connectivity index (χ1v) is 5.37. The van der Waals surface area contributed by atoms with Crippen LogP contribution in [-0.4, -0.2) is 6.18 Å². The molecule has 0 nitrogen and oxygen atoms in total. The van der Waals surface area contributed by atoms with E-state index in [-0.39, 0.29) is 5.57 Å². The second kappa shape index (κ2) is 5.41. The van der Waals surface area contributed by atoms with Crippen LogP contribution >= 0.6 is 11.6 Å². The van der Waals surface area contributed by atoms with Gasteiger partial charge in [0, 0.05) is 5.02 Å². The van der Waals surface area contributed by atoms with Crippen molar-refractivity contribution < 1.29 is 13.2 Å². The predicted octanol–water partition coefficient (Wildman–Crippen LogP) is 5.25. The van der Waals surface area contributed by atoms with E-state index in [1.54, 1.807) is 24.3 Å². The van der Waals surface area contributed by atoms with Crippen LogP contribution in [0, 0.1) is 0 Å². The lowest BCUT2D eigenvalue weighted by atomic mass is 10.1. The zero-order valence-corrected chi connectivity index (χ0v) is 10.2. The molecule has 0 saturated carbocycles. The Hall–Kier alpha value is -1.22. The van der Waals surface area contributed by atoms with E-state index in [4.69, 9.17) is 11.6 Å². The number of alkyl halides is 3. The molecule has 0 aliphatic heterocycles. The first-order valence-electron chi connectivity index (χ1n) is 4.99. The highest BCUT2D eigenvalue weighted by atomic mass is 35.5. The van der Waals surface area contributed by atoms with Crippen LogP contribution in [0.2, 0.25) is 5.02 Å². The van der Waals surface area contributed by atoms with Gasteiger partial charge in [-0.15, -0.1) is 0 Å². The Morgan fingerprint density at radius 3 is 2.06 bits per heavy atom. The highest BCUT2D eigenvalue weighted by Crippen LogP contribution is 2.29. The molecule has 0 N–H and O–H groups in total. The number of hydrogen-bond donors (Lipinski definition) is 0. The van der Waals surface area contributed by atoms with Crippen molar-refractivity contribution in [3.8, 4) is 0 Å². The summed E-state index contributed by atoms with van der Waals surface area (Å²) in [6, 6.07) is 6.60. The van der Waals surface area contributed by atoms with Crippen molar-refractivity contribution in [1.82, 2.24) is 0 Å². The molecule has 0 atom stereocenters. The molecule has 0 spiro atoms. The maximum Gasteiger partial charge on any atom is 0.416 e. The molecule has 1 rings (SSSR count). The summed E-state index contributed by atoms with van der Waals surface area (Å²) in [7, 11) is 0. The molecule has 4 heteroatoms. The Kier molecular flexibility index (Phi) is 4.40. The minimum Gasteiger partial charge on any atom is -0.166 e. The predicted molar refractivity (Wildman–Crippen MR) is 64.9 cm³/mol. The van der Waals surface area contributed by atoms with Gasteiger partial charge in [-0.1, -0.05) is 35.4 Å². The molecule has 0 fully saturated rings. The Balaban J connectivity index is 2.97. The minimum absolute atomic E-state index is 0.239. The largest absolute Gasteiger partial charge is 0.416 e. The molecule has 1 aromatic rings. The van der Waals surface area contributed by atoms with Crippen LogP contribution < -0.4 is 0 Å². The van der Waals surface area contributed by atoms with Crippen LogP contribution in [-0.2, 0) is 0 Å². The molecule has 0 aliphatic carbocycles. The van der Waals surface area contributed by atoms with E-state index in [1.165, 1.54) is 19.9 Å². The topological polar surface area (TPSA) is 0 Å². The normalized spacial score (nSPS) is 11.9. The Morgan fingerprint density at radius 1 is 1.12 bits per heavy atom. The highest BCUT2D eigenvalue weighted by Gasteiger charge is 2.32. The first kappa shape index (κ1) is 13.8. The van der Waals surface area contributed by atoms with E-state index in [2.05, 4.69) is 0 Å². The van der Waals surface area contributed by atoms with E-state index < -0.39 is 11.7 Å². The van der Waals surface area contributed by atoms with Crippen molar-refractivity contribution in [3.63, 3.8) is 0 Å². The number of rotatable bonds is 2. The van der Waals surface area contributed by atoms with Crippen LogP contribution in [0.25, 0.3) is 6.08 Å². The molecule has 0 saturated heterocycles. The summed E-state index contributed by atoms with van der Waals surface area (Å²) in [6.07, 6.45) is -1.81. The van der Waals surface area contributed by atoms with E-state index in [0.29, 0.717) is 10.6 Å². The van der Waals surface area contributed by atoms with Crippen molar-refractivity contribution in [2.45, 2.75) is 20.0 Å². The molecule has 0 aliphatic rings. The summed E-state index contributed by atoms with van der Waals surface area (Å²) in [4.78, 5) is 0. The third kappa shape index (κ3) is 4.27. The summed E-state index contributed by atoms with van der Waals surface area (Å²) in [5.74, 6) is 0. The summed E-state index contributed by atoms with van der Waals surface area (Å²) in [5.41, 5.74) is 0.299. The van der Waals surface area contributed by atoms with E-state index >= 15 is 0 Å². The maximum absolute atomic E-state index is 12.6. The van der Waals surface area contributed by atoms with Gasteiger partial charge in [0.05, 0.1) is 5.57 Å². The standard InChI is InChI=1S/C13H12ClF3/c1-9(2)12(13(15,16)17)8-5-10-3-6-11(14)7-4-10/h3-8H,1-2H3/b8-5+. The number of hydrogen-bond acceptors (Lipinski definition) is 0. The van der Waals surface area contributed by atoms with Crippen LogP contribution in [0.3, 0.4) is 0 Å². The number of allylic oxidation sites excluding steroid dienone is 3. The van der Waals surface area contributed by atoms with Gasteiger partial charge in [0.15, 0.2) is 0 Å². The van der Waals surface area contributed by atoms with Crippen molar-refractivity contribution in [1.29, 1.82) is 0 Å². The van der Waals surface area contributed by atoms with Crippen molar-refractivity contribution in [2.24, 2.45) is 0 Å². The molecular formula is C13H12ClF3. The fourth-order valence-corrected chi connectivity index (χ4v) is 1.42. The summed E-state index contributed by atoms with van der Waals surface area (Å²) in [5, 5.41) is 0.556. The summed E-state index contributed by atoms with van der Waals surface area (Å²) in [6.45, 7) is 2.88. The molecular weight excluding hydrogens is 249 g/mol. The van der Waals surface area contributed by atoms with Gasteiger partial charge >= 0.3 is 6.18 Å². The van der Waals surface area contributed by atoms with Crippen molar-refractivity contribution in [2.75, 3.05) is 0 Å². The van der Waals surface area contributed by atoms with E-state index in [9.17, 15) is 13.2 Å². The zero-order valence-electron chi connectivity index (χ0n) is 9.48. The van der Waals surface area contributed by atoms with Gasteiger partial charge in [0.1, 0.15) is 0 Å². The van der Waals surface area contributed by atoms with Crippen LogP contribution in [0.15, 0.2) is 41.5 Å². The lowest BCUT2D eigenvalue weighted by Crippen LogP contribution is -2.11. The van der Waals surface area contributed by atoms with E-state index in [1.807, 2.05) is 0 Å². The number of halogens is 4. The van der Waals surface area contributed by atoms with Gasteiger partial charge in [0.25, 0.3) is 0 Å². The third-order valence-electron chi connectivity index (χ3n) is 2.16. The quantitative estimate of drug-likeness (QED) is 0.637. The molecule has 0 bridgehead atoms. The number of benzene rings is 1. The van der Waals surface area contributed by atoms with Gasteiger partial charge in [-0.05, 0) is 37.6 Å². The molecule has 92 valence electrons. The van der Waals surface area contributed by atoms with Crippen molar-refractivity contribution >= 4 is 17.7 Å². The Morgan fingerprint density at radius 2 is 1.65 bits per heavy atom. The third-order valence-corrected chi connectivity index (χ3v) is 2.41. The molecule has 0 aromatic heterocycles. The van der Waals surface area contributed by atoms with Gasteiger partial charge < -0.3 is 0 Å². The average molecular weight is 261 g/mol. The van der Waals surface area contributed by atoms with Crippen LogP contribution in [0.4, 0.5) is 13.2 Å². The van der Waals surface area contributed by atoms with Gasteiger partial charge in [-0.3, -0.25) is 0 Å². The Labute approximate surface area is 103 Å². The van der Waals surface area contributed by atoms with Crippen molar-refractivity contribution in [3.05, 3.63) is 52.1 Å². The monoisotopic (exact) mass is 260 g/mol. The van der Waals surface area contributed by atoms with Crippen LogP contribution in [0.1, 0.15) is 19.4 Å². The van der Waals surface area contributed by atoms with E-state index in [0.717, 1.165) is 6.08 Å². The maximum atomic E-state index is 12.6. The molecule has 17 heavy (non-hydrogen) atoms. The average Bonchev–Trinajstić information content (AvgIpc) is 2.18. The smallest absolute Gasteiger partial charge is 0.166 e. The molecule has 1 aromatic carbocycles. The fourth-order valence-electron chi connectivity index (χ4n) is 1.30. The van der Waals surface area contributed by atoms with Crippen LogP contribution in [0.5, 0.6) is 0 Å². The molecule has 0 radical (unpaired) electrons. The molecule has 0 amide bonds. The second-order valence-electron chi connectivity index (χ2n) is 3.80. The zero-order chi connectivity index (χ0) is 13.1. The lowest BCUT2D eigenvalue weighted by molar-refractivity contribution is -0.0888. The summed E-state index contributed by atoms with van der Waals surface area (Å²) < 4.78 is 37.8. The van der Waals surface area contributed by atoms with Gasteiger partial charge in [-0.25, -0.2) is 0 Å². The highest BCUT2D eigenvalue weighted by molar-refractivity contribution is 6.30. The SMILES string of the molecule is CC(C)=C(/C=C/c1ccc(Cl)cc1)C(F)(F)F. The summed E-state index contributed by atoms with van der Waals surface area (Å²) >= 11 is 5.68. The molecule has 0 heterocycles. The fraction of sp³-hybridized carbons (Fsp3) is 0.231. The lowest BCUT2D eigenvalue weighted by Gasteiger charge is -2.09. The molecule has 0 unspecified atom stereocenters. The van der Waals surface area contributed by atoms with Gasteiger partial charge in [-0.2, -0.15) is 13.2 Å². The minimum atomic E-state index is -4.32. The first-order chi connectivity index (χ1) is 7.80. The second-order valence-corrected chi connectivity index (χ2v) is 4.23.